The molecule has 15 heavy (non-hydrogen) atoms. The van der Waals surface area contributed by atoms with Crippen LogP contribution in [0.2, 0.25) is 0 Å². The van der Waals surface area contributed by atoms with Crippen molar-refractivity contribution in [3.8, 4) is 0 Å². The molecule has 0 saturated heterocycles. The van der Waals surface area contributed by atoms with Gasteiger partial charge in [-0.3, -0.25) is 0 Å². The van der Waals surface area contributed by atoms with Gasteiger partial charge >= 0.3 is 0 Å². The molecule has 1 aromatic carbocycles. The van der Waals surface area contributed by atoms with E-state index in [9.17, 15) is 4.39 Å². The third-order valence-electron chi connectivity index (χ3n) is 2.89. The Morgan fingerprint density at radius 1 is 1.33 bits per heavy atom. The van der Waals surface area contributed by atoms with Crippen molar-refractivity contribution in [2.75, 3.05) is 0 Å². The van der Waals surface area contributed by atoms with Crippen molar-refractivity contribution in [3.05, 3.63) is 35.1 Å². The predicted molar refractivity (Wildman–Crippen MR) is 62.3 cm³/mol. The van der Waals surface area contributed by atoms with Crippen LogP contribution in [0, 0.1) is 12.7 Å². The molecule has 0 fully saturated rings. The van der Waals surface area contributed by atoms with Gasteiger partial charge < -0.3 is 5.32 Å². The van der Waals surface area contributed by atoms with E-state index in [1.54, 1.807) is 13.0 Å². The topological polar surface area (TPSA) is 12.0 Å². The van der Waals surface area contributed by atoms with Crippen molar-refractivity contribution in [2.45, 2.75) is 46.2 Å². The number of hydrogen-bond donors (Lipinski definition) is 1. The van der Waals surface area contributed by atoms with Crippen LogP contribution in [-0.2, 0) is 6.54 Å². The van der Waals surface area contributed by atoms with Gasteiger partial charge in [0.2, 0.25) is 0 Å². The molecule has 0 radical (unpaired) electrons. The number of hydrogen-bond acceptors (Lipinski definition) is 1. The van der Waals surface area contributed by atoms with Gasteiger partial charge in [0.15, 0.2) is 0 Å². The molecule has 1 nitrogen and oxygen atoms in total. The third-order valence-corrected chi connectivity index (χ3v) is 2.89. The molecule has 1 rings (SSSR count). The van der Waals surface area contributed by atoms with Gasteiger partial charge in [0.05, 0.1) is 0 Å². The SMILES string of the molecule is CCC(C)(C)NCc1ccc(C)c(F)c1. The predicted octanol–water partition coefficient (Wildman–Crippen LogP) is 3.41. The Kier molecular flexibility index (Phi) is 3.86. The zero-order chi connectivity index (χ0) is 11.5. The maximum Gasteiger partial charge on any atom is 0.126 e. The Balaban J connectivity index is 2.62. The summed E-state index contributed by atoms with van der Waals surface area (Å²) in [6, 6.07) is 5.40. The Morgan fingerprint density at radius 2 is 2.00 bits per heavy atom. The van der Waals surface area contributed by atoms with Gasteiger partial charge in [-0.05, 0) is 44.4 Å². The first kappa shape index (κ1) is 12.2. The van der Waals surface area contributed by atoms with Crippen molar-refractivity contribution in [1.29, 1.82) is 0 Å². The molecule has 0 bridgehead atoms. The van der Waals surface area contributed by atoms with E-state index in [0.29, 0.717) is 5.56 Å². The summed E-state index contributed by atoms with van der Waals surface area (Å²) in [5, 5.41) is 3.40. The lowest BCUT2D eigenvalue weighted by molar-refractivity contribution is 0.374. The molecule has 0 aliphatic rings. The fraction of sp³-hybridized carbons (Fsp3) is 0.538. The molecule has 1 N–H and O–H groups in total. The first-order valence-corrected chi connectivity index (χ1v) is 5.44. The maximum atomic E-state index is 13.3. The molecule has 0 atom stereocenters. The summed E-state index contributed by atoms with van der Waals surface area (Å²) in [6.45, 7) is 8.94. The number of benzene rings is 1. The van der Waals surface area contributed by atoms with E-state index in [4.69, 9.17) is 0 Å². The minimum Gasteiger partial charge on any atom is -0.308 e. The van der Waals surface area contributed by atoms with Gasteiger partial charge in [0, 0.05) is 12.1 Å². The number of nitrogens with one attached hydrogen (secondary N) is 1. The molecular weight excluding hydrogens is 189 g/mol. The van der Waals surface area contributed by atoms with E-state index in [0.717, 1.165) is 18.5 Å². The van der Waals surface area contributed by atoms with Crippen LogP contribution in [0.5, 0.6) is 0 Å². The molecule has 0 heterocycles. The van der Waals surface area contributed by atoms with Gasteiger partial charge in [-0.25, -0.2) is 4.39 Å². The minimum atomic E-state index is -0.122. The highest BCUT2D eigenvalue weighted by Crippen LogP contribution is 2.12. The van der Waals surface area contributed by atoms with Crippen LogP contribution in [0.15, 0.2) is 18.2 Å². The first-order chi connectivity index (χ1) is 6.94. The van der Waals surface area contributed by atoms with E-state index >= 15 is 0 Å². The zero-order valence-corrected chi connectivity index (χ0v) is 10.0. The van der Waals surface area contributed by atoms with Gasteiger partial charge in [-0.15, -0.1) is 0 Å². The molecule has 84 valence electrons. The van der Waals surface area contributed by atoms with Crippen LogP contribution in [0.25, 0.3) is 0 Å². The van der Waals surface area contributed by atoms with Crippen LogP contribution < -0.4 is 5.32 Å². The van der Waals surface area contributed by atoms with Gasteiger partial charge in [0.1, 0.15) is 5.82 Å². The van der Waals surface area contributed by atoms with E-state index in [1.165, 1.54) is 0 Å². The van der Waals surface area contributed by atoms with E-state index in [2.05, 4.69) is 26.1 Å². The average Bonchev–Trinajstić information content (AvgIpc) is 2.20. The monoisotopic (exact) mass is 209 g/mol. The Hall–Kier alpha value is -0.890. The highest BCUT2D eigenvalue weighted by molar-refractivity contribution is 5.23. The molecule has 1 aromatic rings. The fourth-order valence-electron chi connectivity index (χ4n) is 1.21. The molecular formula is C13H20FN. The van der Waals surface area contributed by atoms with Crippen LogP contribution in [0.1, 0.15) is 38.3 Å². The van der Waals surface area contributed by atoms with E-state index < -0.39 is 0 Å². The summed E-state index contributed by atoms with van der Waals surface area (Å²) in [5.74, 6) is -0.122. The van der Waals surface area contributed by atoms with Crippen molar-refractivity contribution >= 4 is 0 Å². The zero-order valence-electron chi connectivity index (χ0n) is 10.0. The smallest absolute Gasteiger partial charge is 0.126 e. The second-order valence-corrected chi connectivity index (χ2v) is 4.67. The van der Waals surface area contributed by atoms with E-state index in [1.807, 2.05) is 12.1 Å². The van der Waals surface area contributed by atoms with Crippen LogP contribution in [-0.4, -0.2) is 5.54 Å². The summed E-state index contributed by atoms with van der Waals surface area (Å²) in [4.78, 5) is 0. The van der Waals surface area contributed by atoms with Crippen molar-refractivity contribution in [2.24, 2.45) is 0 Å². The van der Waals surface area contributed by atoms with Gasteiger partial charge in [-0.2, -0.15) is 0 Å². The summed E-state index contributed by atoms with van der Waals surface area (Å²) in [5.41, 5.74) is 1.81. The fourth-order valence-corrected chi connectivity index (χ4v) is 1.21. The average molecular weight is 209 g/mol. The molecule has 0 spiro atoms. The number of halogens is 1. The highest BCUT2D eigenvalue weighted by Gasteiger charge is 2.13. The highest BCUT2D eigenvalue weighted by atomic mass is 19.1. The summed E-state index contributed by atoms with van der Waals surface area (Å²) < 4.78 is 13.3. The second kappa shape index (κ2) is 4.75. The summed E-state index contributed by atoms with van der Waals surface area (Å²) in [6.07, 6.45) is 1.06. The molecule has 0 amide bonds. The second-order valence-electron chi connectivity index (χ2n) is 4.67. The van der Waals surface area contributed by atoms with Gasteiger partial charge in [-0.1, -0.05) is 19.1 Å². The van der Waals surface area contributed by atoms with Gasteiger partial charge in [0.25, 0.3) is 0 Å². The lowest BCUT2D eigenvalue weighted by Crippen LogP contribution is -2.37. The first-order valence-electron chi connectivity index (χ1n) is 5.44. The summed E-state index contributed by atoms with van der Waals surface area (Å²) in [7, 11) is 0. The molecule has 0 unspecified atom stereocenters. The quantitative estimate of drug-likeness (QED) is 0.801. The normalized spacial score (nSPS) is 11.8. The molecule has 0 aromatic heterocycles. The number of rotatable bonds is 4. The van der Waals surface area contributed by atoms with E-state index in [-0.39, 0.29) is 11.4 Å². The van der Waals surface area contributed by atoms with Crippen molar-refractivity contribution in [3.63, 3.8) is 0 Å². The summed E-state index contributed by atoms with van der Waals surface area (Å²) >= 11 is 0. The van der Waals surface area contributed by atoms with Crippen molar-refractivity contribution in [1.82, 2.24) is 5.32 Å². The largest absolute Gasteiger partial charge is 0.308 e. The molecule has 0 aliphatic heterocycles. The van der Waals surface area contributed by atoms with Crippen LogP contribution >= 0.6 is 0 Å². The Morgan fingerprint density at radius 3 is 2.53 bits per heavy atom. The maximum absolute atomic E-state index is 13.3. The minimum absolute atomic E-state index is 0.112. The number of aryl methyl sites for hydroxylation is 1. The third kappa shape index (κ3) is 3.63. The molecule has 2 heteroatoms. The van der Waals surface area contributed by atoms with Crippen LogP contribution in [0.4, 0.5) is 4.39 Å². The van der Waals surface area contributed by atoms with Crippen molar-refractivity contribution < 1.29 is 4.39 Å². The van der Waals surface area contributed by atoms with Crippen LogP contribution in [0.3, 0.4) is 0 Å². The Labute approximate surface area is 91.7 Å². The lowest BCUT2D eigenvalue weighted by atomic mass is 10.0. The molecule has 0 aliphatic carbocycles. The standard InChI is InChI=1S/C13H20FN/c1-5-13(3,4)15-9-11-7-6-10(2)12(14)8-11/h6-8,15H,5,9H2,1-4H3. The Bertz CT molecular complexity index is 331. The molecule has 0 saturated carbocycles. The lowest BCUT2D eigenvalue weighted by Gasteiger charge is -2.24.